The summed E-state index contributed by atoms with van der Waals surface area (Å²) >= 11 is 1.16. The number of aryl methyl sites for hydroxylation is 1. The van der Waals surface area contributed by atoms with Crippen LogP contribution in [0, 0.1) is 0 Å². The Bertz CT molecular complexity index is 1360. The van der Waals surface area contributed by atoms with E-state index in [1.807, 2.05) is 0 Å². The van der Waals surface area contributed by atoms with Gasteiger partial charge >= 0.3 is 17.9 Å². The molecule has 200 valence electrons. The van der Waals surface area contributed by atoms with Crippen LogP contribution >= 0.6 is 11.3 Å². The molecule has 0 bridgehead atoms. The Morgan fingerprint density at radius 2 is 1.31 bits per heavy atom. The van der Waals surface area contributed by atoms with Gasteiger partial charge in [-0.25, -0.2) is 19.3 Å². The van der Waals surface area contributed by atoms with Crippen molar-refractivity contribution in [2.24, 2.45) is 0 Å². The molecule has 2 aliphatic rings. The highest BCUT2D eigenvalue weighted by molar-refractivity contribution is 7.17. The number of nitrogens with zero attached hydrogens (tertiary/aromatic N) is 1. The summed E-state index contributed by atoms with van der Waals surface area (Å²) in [5.41, 5.74) is 1.22. The monoisotopic (exact) mass is 547 g/mol. The summed E-state index contributed by atoms with van der Waals surface area (Å²) in [6.07, 6.45) is -0.423. The molecule has 0 unspecified atom stereocenters. The summed E-state index contributed by atoms with van der Waals surface area (Å²) in [7, 11) is 0. The summed E-state index contributed by atoms with van der Waals surface area (Å²) in [4.78, 5) is 68.0. The van der Waals surface area contributed by atoms with E-state index in [-0.39, 0.29) is 28.3 Å². The maximum Gasteiger partial charge on any atom is 0.341 e. The van der Waals surface area contributed by atoms with Gasteiger partial charge in [-0.05, 0) is 62.4 Å². The average molecular weight is 548 g/mol. The average Bonchev–Trinajstić information content (AvgIpc) is 3.44. The third-order valence-electron chi connectivity index (χ3n) is 6.52. The summed E-state index contributed by atoms with van der Waals surface area (Å²) < 4.78 is 16.3. The normalized spacial score (nSPS) is 18.4. The summed E-state index contributed by atoms with van der Waals surface area (Å²) in [5.74, 6) is -4.17. The number of esters is 3. The first-order valence-corrected chi connectivity index (χ1v) is 13.4. The van der Waals surface area contributed by atoms with Crippen LogP contribution in [0.2, 0.25) is 0 Å². The smallest absolute Gasteiger partial charge is 0.341 e. The maximum atomic E-state index is 13.7. The van der Waals surface area contributed by atoms with E-state index in [0.717, 1.165) is 39.5 Å². The minimum atomic E-state index is -1.74. The van der Waals surface area contributed by atoms with Crippen LogP contribution in [0.3, 0.4) is 0 Å². The van der Waals surface area contributed by atoms with Crippen molar-refractivity contribution in [1.82, 2.24) is 0 Å². The molecule has 9 nitrogen and oxygen atoms in total. The molecule has 2 aromatic carbocycles. The van der Waals surface area contributed by atoms with E-state index in [1.165, 1.54) is 24.3 Å². The van der Waals surface area contributed by atoms with Crippen molar-refractivity contribution in [2.45, 2.75) is 44.8 Å². The number of hydrogen-bond donors (Lipinski definition) is 0. The van der Waals surface area contributed by atoms with Gasteiger partial charge in [0.2, 0.25) is 12.2 Å². The molecule has 39 heavy (non-hydrogen) atoms. The predicted octanol–water partition coefficient (Wildman–Crippen LogP) is 4.13. The first-order chi connectivity index (χ1) is 18.9. The van der Waals surface area contributed by atoms with E-state index < -0.39 is 41.9 Å². The zero-order valence-corrected chi connectivity index (χ0v) is 21.9. The zero-order valence-electron chi connectivity index (χ0n) is 21.1. The van der Waals surface area contributed by atoms with E-state index in [1.54, 1.807) is 43.3 Å². The van der Waals surface area contributed by atoms with E-state index >= 15 is 0 Å². The lowest BCUT2D eigenvalue weighted by Gasteiger charge is -2.16. The zero-order chi connectivity index (χ0) is 27.5. The van der Waals surface area contributed by atoms with Gasteiger partial charge < -0.3 is 14.2 Å². The van der Waals surface area contributed by atoms with Crippen molar-refractivity contribution in [3.63, 3.8) is 0 Å². The minimum absolute atomic E-state index is 0.0920. The lowest BCUT2D eigenvalue weighted by Crippen LogP contribution is -2.37. The van der Waals surface area contributed by atoms with Crippen LogP contribution in [0.25, 0.3) is 0 Å². The highest BCUT2D eigenvalue weighted by atomic mass is 32.1. The Labute approximate surface area is 228 Å². The van der Waals surface area contributed by atoms with Gasteiger partial charge in [0, 0.05) is 4.88 Å². The number of carbonyl (C=O) groups is 5. The second-order valence-corrected chi connectivity index (χ2v) is 10.1. The Morgan fingerprint density at radius 3 is 1.82 bits per heavy atom. The van der Waals surface area contributed by atoms with E-state index in [4.69, 9.17) is 14.2 Å². The maximum absolute atomic E-state index is 13.7. The molecule has 1 saturated heterocycles. The molecule has 1 aliphatic heterocycles. The second kappa shape index (κ2) is 11.2. The van der Waals surface area contributed by atoms with Crippen LogP contribution in [0.4, 0.5) is 5.00 Å². The molecular weight excluding hydrogens is 522 g/mol. The Hall–Kier alpha value is -4.31. The SMILES string of the molecule is CCOC(=O)c1c(N2C(=O)[C@@H](OC(=O)c3ccccc3)[C@H](OC(=O)c3ccccc3)C2=O)sc2c1CCCC2. The van der Waals surface area contributed by atoms with Gasteiger partial charge in [0.05, 0.1) is 23.3 Å². The minimum Gasteiger partial charge on any atom is -0.462 e. The summed E-state index contributed by atoms with van der Waals surface area (Å²) in [6.45, 7) is 1.78. The lowest BCUT2D eigenvalue weighted by atomic mass is 9.95. The van der Waals surface area contributed by atoms with Crippen LogP contribution in [0.5, 0.6) is 0 Å². The molecule has 10 heteroatoms. The van der Waals surface area contributed by atoms with Gasteiger partial charge in [-0.3, -0.25) is 9.59 Å². The molecular formula is C29H25NO8S. The van der Waals surface area contributed by atoms with Crippen LogP contribution < -0.4 is 4.90 Å². The highest BCUT2D eigenvalue weighted by Gasteiger charge is 2.55. The molecule has 2 atom stereocenters. The molecule has 0 N–H and O–H groups in total. The fraction of sp³-hybridized carbons (Fsp3) is 0.276. The summed E-state index contributed by atoms with van der Waals surface area (Å²) in [6, 6.07) is 15.9. The number of amides is 2. The Kier molecular flexibility index (Phi) is 7.56. The van der Waals surface area contributed by atoms with Crippen molar-refractivity contribution in [3.8, 4) is 0 Å². The van der Waals surface area contributed by atoms with E-state index in [0.29, 0.717) is 12.8 Å². The molecule has 1 aromatic heterocycles. The number of benzene rings is 2. The predicted molar refractivity (Wildman–Crippen MR) is 141 cm³/mol. The topological polar surface area (TPSA) is 116 Å². The Morgan fingerprint density at radius 1 is 0.795 bits per heavy atom. The first kappa shape index (κ1) is 26.3. The van der Waals surface area contributed by atoms with Crippen molar-refractivity contribution in [1.29, 1.82) is 0 Å². The number of imide groups is 1. The van der Waals surface area contributed by atoms with Crippen molar-refractivity contribution >= 4 is 46.1 Å². The standard InChI is InChI=1S/C29H25NO8S/c1-2-36-29(35)21-19-15-9-10-16-20(19)39-26(21)30-24(31)22(37-27(33)17-11-5-3-6-12-17)23(25(30)32)38-28(34)18-13-7-4-8-14-18/h3-8,11-14,22-23H,2,9-10,15-16H2,1H3/t22-,23-/m0/s1. The number of anilines is 1. The number of ether oxygens (including phenoxy) is 3. The van der Waals surface area contributed by atoms with Gasteiger partial charge in [0.25, 0.3) is 11.8 Å². The number of hydrogen-bond acceptors (Lipinski definition) is 9. The fourth-order valence-electron chi connectivity index (χ4n) is 4.68. The van der Waals surface area contributed by atoms with E-state index in [2.05, 4.69) is 0 Å². The van der Waals surface area contributed by atoms with Crippen LogP contribution in [-0.4, -0.2) is 48.5 Å². The second-order valence-electron chi connectivity index (χ2n) is 9.01. The van der Waals surface area contributed by atoms with Crippen molar-refractivity contribution in [3.05, 3.63) is 87.8 Å². The molecule has 2 heterocycles. The van der Waals surface area contributed by atoms with Crippen LogP contribution in [-0.2, 0) is 36.6 Å². The van der Waals surface area contributed by atoms with Gasteiger partial charge in [0.15, 0.2) is 0 Å². The molecule has 1 fully saturated rings. The van der Waals surface area contributed by atoms with Gasteiger partial charge in [-0.15, -0.1) is 11.3 Å². The largest absolute Gasteiger partial charge is 0.462 e. The third-order valence-corrected chi connectivity index (χ3v) is 7.80. The molecule has 3 aromatic rings. The molecule has 1 aliphatic carbocycles. The van der Waals surface area contributed by atoms with Crippen LogP contribution in [0.15, 0.2) is 60.7 Å². The first-order valence-electron chi connectivity index (χ1n) is 12.6. The molecule has 0 radical (unpaired) electrons. The molecule has 0 spiro atoms. The fourth-order valence-corrected chi connectivity index (χ4v) is 6.07. The van der Waals surface area contributed by atoms with E-state index in [9.17, 15) is 24.0 Å². The third kappa shape index (κ3) is 5.07. The number of rotatable bonds is 7. The number of carbonyl (C=O) groups excluding carboxylic acids is 5. The molecule has 0 saturated carbocycles. The quantitative estimate of drug-likeness (QED) is 0.246. The number of thiophene rings is 1. The van der Waals surface area contributed by atoms with Crippen molar-refractivity contribution < 1.29 is 38.2 Å². The molecule has 5 rings (SSSR count). The highest BCUT2D eigenvalue weighted by Crippen LogP contribution is 2.43. The molecule has 2 amide bonds. The van der Waals surface area contributed by atoms with Gasteiger partial charge in [0.1, 0.15) is 5.00 Å². The van der Waals surface area contributed by atoms with Crippen molar-refractivity contribution in [2.75, 3.05) is 11.5 Å². The Balaban J connectivity index is 1.54. The van der Waals surface area contributed by atoms with Crippen LogP contribution in [0.1, 0.15) is 61.3 Å². The summed E-state index contributed by atoms with van der Waals surface area (Å²) in [5, 5.41) is 0.0920. The van der Waals surface area contributed by atoms with Gasteiger partial charge in [-0.1, -0.05) is 36.4 Å². The number of fused-ring (bicyclic) bond motifs is 1. The lowest BCUT2D eigenvalue weighted by molar-refractivity contribution is -0.130. The van der Waals surface area contributed by atoms with Gasteiger partial charge in [-0.2, -0.15) is 0 Å².